The second-order valence-electron chi connectivity index (χ2n) is 5.16. The fraction of sp³-hybridized carbons (Fsp3) is 0.467. The molecular weight excluding hydrogens is 290 g/mol. The molecule has 0 saturated carbocycles. The van der Waals surface area contributed by atoms with E-state index < -0.39 is 12.0 Å². The first kappa shape index (κ1) is 14.4. The van der Waals surface area contributed by atoms with E-state index in [-0.39, 0.29) is 17.8 Å². The van der Waals surface area contributed by atoms with E-state index in [0.717, 1.165) is 17.7 Å². The van der Waals surface area contributed by atoms with E-state index in [1.165, 1.54) is 10.5 Å². The third-order valence-corrected chi connectivity index (χ3v) is 5.14. The van der Waals surface area contributed by atoms with Crippen molar-refractivity contribution in [1.29, 1.82) is 0 Å². The van der Waals surface area contributed by atoms with Crippen LogP contribution in [0.3, 0.4) is 0 Å². The molecule has 6 heteroatoms. The van der Waals surface area contributed by atoms with Crippen LogP contribution >= 0.6 is 11.8 Å². The number of rotatable bonds is 2. The fourth-order valence-corrected chi connectivity index (χ4v) is 4.08. The molecular formula is C15H17NO4S. The Labute approximate surface area is 127 Å². The van der Waals surface area contributed by atoms with Gasteiger partial charge in [0.25, 0.3) is 0 Å². The lowest BCUT2D eigenvalue weighted by molar-refractivity contribution is -0.158. The number of hydrogen-bond acceptors (Lipinski definition) is 4. The summed E-state index contributed by atoms with van der Waals surface area (Å²) in [7, 11) is 0. The number of morpholine rings is 1. The van der Waals surface area contributed by atoms with Crippen molar-refractivity contribution >= 4 is 23.6 Å². The van der Waals surface area contributed by atoms with Crippen LogP contribution in [-0.4, -0.2) is 53.4 Å². The number of carbonyl (C=O) groups is 2. The molecule has 1 N–H and O–H groups in total. The molecule has 1 saturated heterocycles. The summed E-state index contributed by atoms with van der Waals surface area (Å²) in [6.45, 7) is 0.809. The molecule has 2 atom stereocenters. The molecule has 2 aliphatic heterocycles. The summed E-state index contributed by atoms with van der Waals surface area (Å²) in [4.78, 5) is 25.6. The van der Waals surface area contributed by atoms with E-state index in [1.54, 1.807) is 11.8 Å². The third kappa shape index (κ3) is 2.78. The highest BCUT2D eigenvalue weighted by Crippen LogP contribution is 2.38. The minimum Gasteiger partial charge on any atom is -0.480 e. The number of carbonyl (C=O) groups excluding carboxylic acids is 1. The highest BCUT2D eigenvalue weighted by Gasteiger charge is 2.38. The summed E-state index contributed by atoms with van der Waals surface area (Å²) in [5.74, 6) is -0.227. The lowest BCUT2D eigenvalue weighted by Gasteiger charge is -2.36. The Hall–Kier alpha value is -1.53. The maximum atomic E-state index is 12.8. The summed E-state index contributed by atoms with van der Waals surface area (Å²) >= 11 is 1.60. The Morgan fingerprint density at radius 2 is 2.14 bits per heavy atom. The Kier molecular flexibility index (Phi) is 4.17. The Balaban J connectivity index is 1.86. The quantitative estimate of drug-likeness (QED) is 0.893. The van der Waals surface area contributed by atoms with Gasteiger partial charge in [-0.15, -0.1) is 11.8 Å². The van der Waals surface area contributed by atoms with Crippen molar-refractivity contribution in [2.45, 2.75) is 17.7 Å². The van der Waals surface area contributed by atoms with Crippen molar-refractivity contribution < 1.29 is 19.4 Å². The van der Waals surface area contributed by atoms with Crippen molar-refractivity contribution in [1.82, 2.24) is 4.90 Å². The van der Waals surface area contributed by atoms with E-state index in [4.69, 9.17) is 4.74 Å². The van der Waals surface area contributed by atoms with Crippen LogP contribution in [0.5, 0.6) is 0 Å². The van der Waals surface area contributed by atoms with Gasteiger partial charge in [-0.3, -0.25) is 4.79 Å². The van der Waals surface area contributed by atoms with Crippen LogP contribution < -0.4 is 0 Å². The zero-order valence-electron chi connectivity index (χ0n) is 11.5. The Morgan fingerprint density at radius 1 is 1.33 bits per heavy atom. The molecule has 1 aromatic rings. The molecule has 1 amide bonds. The van der Waals surface area contributed by atoms with E-state index in [9.17, 15) is 14.7 Å². The highest BCUT2D eigenvalue weighted by atomic mass is 32.2. The van der Waals surface area contributed by atoms with Crippen LogP contribution in [0.25, 0.3) is 0 Å². The van der Waals surface area contributed by atoms with Gasteiger partial charge in [0, 0.05) is 6.54 Å². The Morgan fingerprint density at radius 3 is 2.95 bits per heavy atom. The van der Waals surface area contributed by atoms with Gasteiger partial charge in [0.2, 0.25) is 5.91 Å². The van der Waals surface area contributed by atoms with Gasteiger partial charge in [0.05, 0.1) is 13.2 Å². The minimum atomic E-state index is -1.00. The van der Waals surface area contributed by atoms with Gasteiger partial charge in [-0.05, 0) is 23.3 Å². The summed E-state index contributed by atoms with van der Waals surface area (Å²) < 4.78 is 5.20. The monoisotopic (exact) mass is 307 g/mol. The summed E-state index contributed by atoms with van der Waals surface area (Å²) in [6, 6.07) is 7.05. The molecule has 3 rings (SSSR count). The number of carboxylic acid groups (broad SMARTS) is 1. The van der Waals surface area contributed by atoms with Crippen LogP contribution in [0.4, 0.5) is 0 Å². The molecule has 0 bridgehead atoms. The Bertz CT molecular complexity index is 562. The maximum absolute atomic E-state index is 12.8. The van der Waals surface area contributed by atoms with Gasteiger partial charge in [-0.25, -0.2) is 4.79 Å². The van der Waals surface area contributed by atoms with Crippen molar-refractivity contribution in [3.8, 4) is 0 Å². The zero-order chi connectivity index (χ0) is 14.8. The number of aryl methyl sites for hydroxylation is 1. The number of benzene rings is 1. The van der Waals surface area contributed by atoms with Gasteiger partial charge in [0.1, 0.15) is 5.25 Å². The number of carboxylic acids is 1. The van der Waals surface area contributed by atoms with Crippen LogP contribution in [0, 0.1) is 0 Å². The van der Waals surface area contributed by atoms with Crippen LogP contribution in [-0.2, 0) is 20.7 Å². The summed E-state index contributed by atoms with van der Waals surface area (Å²) in [6.07, 6.45) is 0.954. The number of aliphatic carboxylic acids is 1. The van der Waals surface area contributed by atoms with Gasteiger partial charge >= 0.3 is 5.97 Å². The number of ether oxygens (including phenoxy) is 1. The second kappa shape index (κ2) is 6.07. The SMILES string of the molecule is O=C(O)[C@H]1COCCN1C(=O)[C@@H]1SCCc2ccccc21. The lowest BCUT2D eigenvalue weighted by atomic mass is 10.0. The molecule has 1 aromatic carbocycles. The standard InChI is InChI=1S/C15H17NO4S/c17-14(16-6-7-20-9-12(16)15(18)19)13-11-4-2-1-3-10(11)5-8-21-13/h1-4,12-13H,5-9H2,(H,18,19)/t12-,13-/m1/s1. The molecule has 2 aliphatic rings. The van der Waals surface area contributed by atoms with E-state index >= 15 is 0 Å². The topological polar surface area (TPSA) is 66.8 Å². The molecule has 112 valence electrons. The molecule has 0 spiro atoms. The van der Waals surface area contributed by atoms with Crippen LogP contribution in [0.15, 0.2) is 24.3 Å². The molecule has 21 heavy (non-hydrogen) atoms. The zero-order valence-corrected chi connectivity index (χ0v) is 12.3. The van der Waals surface area contributed by atoms with Crippen LogP contribution in [0.1, 0.15) is 16.4 Å². The maximum Gasteiger partial charge on any atom is 0.328 e. The number of amides is 1. The number of hydrogen-bond donors (Lipinski definition) is 1. The average molecular weight is 307 g/mol. The fourth-order valence-electron chi connectivity index (χ4n) is 2.82. The molecule has 0 aromatic heterocycles. The number of fused-ring (bicyclic) bond motifs is 1. The first-order valence-corrected chi connectivity index (χ1v) is 8.04. The van der Waals surface area contributed by atoms with Crippen molar-refractivity contribution in [2.75, 3.05) is 25.5 Å². The average Bonchev–Trinajstić information content (AvgIpc) is 2.53. The van der Waals surface area contributed by atoms with Crippen molar-refractivity contribution in [2.24, 2.45) is 0 Å². The molecule has 0 unspecified atom stereocenters. The third-order valence-electron chi connectivity index (χ3n) is 3.91. The van der Waals surface area contributed by atoms with Gasteiger partial charge in [-0.2, -0.15) is 0 Å². The van der Waals surface area contributed by atoms with Crippen molar-refractivity contribution in [3.05, 3.63) is 35.4 Å². The number of nitrogens with zero attached hydrogens (tertiary/aromatic N) is 1. The summed E-state index contributed by atoms with van der Waals surface area (Å²) in [5.41, 5.74) is 2.21. The van der Waals surface area contributed by atoms with Crippen LogP contribution in [0.2, 0.25) is 0 Å². The second-order valence-corrected chi connectivity index (χ2v) is 6.37. The largest absolute Gasteiger partial charge is 0.480 e. The van der Waals surface area contributed by atoms with Gasteiger partial charge in [0.15, 0.2) is 6.04 Å². The number of thioether (sulfide) groups is 1. The lowest BCUT2D eigenvalue weighted by Crippen LogP contribution is -2.53. The smallest absolute Gasteiger partial charge is 0.328 e. The molecule has 0 aliphatic carbocycles. The first-order valence-electron chi connectivity index (χ1n) is 6.99. The van der Waals surface area contributed by atoms with E-state index in [0.29, 0.717) is 13.2 Å². The summed E-state index contributed by atoms with van der Waals surface area (Å²) in [5, 5.41) is 8.97. The first-order chi connectivity index (χ1) is 10.2. The molecule has 2 heterocycles. The predicted molar refractivity (Wildman–Crippen MR) is 79.3 cm³/mol. The highest BCUT2D eigenvalue weighted by molar-refractivity contribution is 8.00. The molecule has 5 nitrogen and oxygen atoms in total. The van der Waals surface area contributed by atoms with E-state index in [1.807, 2.05) is 24.3 Å². The van der Waals surface area contributed by atoms with E-state index in [2.05, 4.69) is 0 Å². The van der Waals surface area contributed by atoms with Gasteiger partial charge < -0.3 is 14.7 Å². The minimum absolute atomic E-state index is 0.0696. The molecule has 1 fully saturated rings. The van der Waals surface area contributed by atoms with Gasteiger partial charge in [-0.1, -0.05) is 24.3 Å². The molecule has 0 radical (unpaired) electrons. The normalized spacial score (nSPS) is 25.2. The van der Waals surface area contributed by atoms with Crippen molar-refractivity contribution in [3.63, 3.8) is 0 Å². The predicted octanol–water partition coefficient (Wildman–Crippen LogP) is 1.33.